The van der Waals surface area contributed by atoms with Crippen molar-refractivity contribution in [1.29, 1.82) is 0 Å². The van der Waals surface area contributed by atoms with Gasteiger partial charge in [-0.25, -0.2) is 0 Å². The second-order valence-corrected chi connectivity index (χ2v) is 9.74. The average Bonchev–Trinajstić information content (AvgIpc) is 3.17. The van der Waals surface area contributed by atoms with Crippen molar-refractivity contribution in [1.82, 2.24) is 0 Å². The van der Waals surface area contributed by atoms with E-state index in [-0.39, 0.29) is 0 Å². The third-order valence-electron chi connectivity index (χ3n) is 7.44. The molecular formula is C33H36N2. The van der Waals surface area contributed by atoms with Gasteiger partial charge in [0.15, 0.2) is 0 Å². The minimum atomic E-state index is 0.774. The molecule has 1 aliphatic heterocycles. The Morgan fingerprint density at radius 2 is 1.74 bits per heavy atom. The van der Waals surface area contributed by atoms with E-state index in [0.29, 0.717) is 0 Å². The van der Waals surface area contributed by atoms with Gasteiger partial charge in [0.05, 0.1) is 0 Å². The molecule has 178 valence electrons. The number of unbranched alkanes of at least 4 members (excludes halogenated alkanes) is 3. The van der Waals surface area contributed by atoms with Crippen molar-refractivity contribution in [2.75, 3.05) is 5.32 Å². The normalized spacial score (nSPS) is 16.5. The number of nitrogens with zero attached hydrogens (tertiary/aromatic N) is 1. The zero-order valence-corrected chi connectivity index (χ0v) is 20.8. The van der Waals surface area contributed by atoms with Gasteiger partial charge in [-0.05, 0) is 69.7 Å². The Balaban J connectivity index is 0.000000192. The van der Waals surface area contributed by atoms with Crippen LogP contribution in [0.3, 0.4) is 0 Å². The maximum absolute atomic E-state index is 4.04. The van der Waals surface area contributed by atoms with Gasteiger partial charge in [-0.15, -0.1) is 0 Å². The molecule has 0 radical (unpaired) electrons. The highest BCUT2D eigenvalue weighted by atomic mass is 14.9. The number of hydrogen-bond donors (Lipinski definition) is 1. The SMILES string of the molecule is C1=CNc2ccccc2C=N1.CCCCCCC1CCC=c2ccc3c(c21)CC=c1ccccc1=3. The van der Waals surface area contributed by atoms with Crippen LogP contribution in [0.2, 0.25) is 0 Å². The Labute approximate surface area is 209 Å². The number of benzene rings is 3. The molecule has 0 spiro atoms. The standard InChI is InChI=1S/C24H28.C9H8N2/c1-2-3-4-5-10-19-11-8-12-20-15-16-22-21-13-7-6-9-18(21)14-17-23(22)24(19)20;1-2-4-9-8(3-1)7-10-5-6-11-9/h6-7,9,12-16,19H,2-5,8,10-11,17H2,1H3;1-7,11H. The van der Waals surface area contributed by atoms with Gasteiger partial charge < -0.3 is 5.32 Å². The summed E-state index contributed by atoms with van der Waals surface area (Å²) in [6, 6.07) is 21.7. The molecule has 2 aliphatic carbocycles. The van der Waals surface area contributed by atoms with E-state index in [9.17, 15) is 0 Å². The van der Waals surface area contributed by atoms with E-state index in [1.165, 1.54) is 65.8 Å². The van der Waals surface area contributed by atoms with Gasteiger partial charge in [0.1, 0.15) is 0 Å². The van der Waals surface area contributed by atoms with Gasteiger partial charge in [0.25, 0.3) is 0 Å². The van der Waals surface area contributed by atoms with Gasteiger partial charge in [-0.2, -0.15) is 0 Å². The fraction of sp³-hybridized carbons (Fsp3) is 0.303. The van der Waals surface area contributed by atoms with Crippen LogP contribution >= 0.6 is 0 Å². The topological polar surface area (TPSA) is 24.4 Å². The van der Waals surface area contributed by atoms with Crippen LogP contribution < -0.4 is 15.8 Å². The van der Waals surface area contributed by atoms with Crippen LogP contribution in [0, 0.1) is 10.4 Å². The van der Waals surface area contributed by atoms with Crippen LogP contribution in [-0.2, 0) is 6.42 Å². The zero-order valence-electron chi connectivity index (χ0n) is 20.8. The van der Waals surface area contributed by atoms with E-state index in [4.69, 9.17) is 0 Å². The predicted octanol–water partition coefficient (Wildman–Crippen LogP) is 6.94. The monoisotopic (exact) mass is 460 g/mol. The van der Waals surface area contributed by atoms with E-state index >= 15 is 0 Å². The molecule has 35 heavy (non-hydrogen) atoms. The van der Waals surface area contributed by atoms with Gasteiger partial charge in [-0.1, -0.05) is 99.4 Å². The highest BCUT2D eigenvalue weighted by Gasteiger charge is 2.20. The molecule has 0 saturated carbocycles. The van der Waals surface area contributed by atoms with Gasteiger partial charge >= 0.3 is 0 Å². The molecule has 1 N–H and O–H groups in total. The molecule has 3 aromatic rings. The number of nitrogens with one attached hydrogen (secondary N) is 1. The Morgan fingerprint density at radius 3 is 2.69 bits per heavy atom. The lowest BCUT2D eigenvalue weighted by Gasteiger charge is -2.25. The average molecular weight is 461 g/mol. The third kappa shape index (κ3) is 5.32. The summed E-state index contributed by atoms with van der Waals surface area (Å²) in [5.74, 6) is 0.774. The fourth-order valence-corrected chi connectivity index (χ4v) is 5.67. The summed E-state index contributed by atoms with van der Waals surface area (Å²) in [5, 5.41) is 8.96. The number of rotatable bonds is 5. The Hall–Kier alpha value is -3.39. The molecule has 6 rings (SSSR count). The number of aliphatic imine (C=N–C) groups is 1. The minimum absolute atomic E-state index is 0.774. The second kappa shape index (κ2) is 11.4. The van der Waals surface area contributed by atoms with Gasteiger partial charge in [-0.3, -0.25) is 4.99 Å². The summed E-state index contributed by atoms with van der Waals surface area (Å²) in [5.41, 5.74) is 5.52. The summed E-state index contributed by atoms with van der Waals surface area (Å²) in [7, 11) is 0. The first-order valence-corrected chi connectivity index (χ1v) is 13.3. The first kappa shape index (κ1) is 23.4. The van der Waals surface area contributed by atoms with Crippen LogP contribution in [0.15, 0.2) is 78.1 Å². The van der Waals surface area contributed by atoms with Crippen LogP contribution in [0.1, 0.15) is 74.5 Å². The van der Waals surface area contributed by atoms with E-state index in [1.54, 1.807) is 17.3 Å². The number of hydrogen-bond acceptors (Lipinski definition) is 2. The Bertz CT molecular complexity index is 1450. The summed E-state index contributed by atoms with van der Waals surface area (Å²) in [4.78, 5) is 4.04. The lowest BCUT2D eigenvalue weighted by atomic mass is 9.79. The summed E-state index contributed by atoms with van der Waals surface area (Å²) in [6.45, 7) is 2.30. The zero-order chi connectivity index (χ0) is 23.9. The molecule has 1 unspecified atom stereocenters. The lowest BCUT2D eigenvalue weighted by molar-refractivity contribution is 0.522. The summed E-state index contributed by atoms with van der Waals surface area (Å²) >= 11 is 0. The lowest BCUT2D eigenvalue weighted by Crippen LogP contribution is -2.23. The Kier molecular flexibility index (Phi) is 7.58. The molecule has 0 saturated heterocycles. The molecular weight excluding hydrogens is 424 g/mol. The van der Waals surface area contributed by atoms with Gasteiger partial charge in [0.2, 0.25) is 0 Å². The van der Waals surface area contributed by atoms with E-state index in [0.717, 1.165) is 23.6 Å². The number of fused-ring (bicyclic) bond motifs is 5. The quantitative estimate of drug-likeness (QED) is 0.410. The van der Waals surface area contributed by atoms with Crippen molar-refractivity contribution >= 4 is 24.1 Å². The maximum Gasteiger partial charge on any atom is 0.0469 e. The first-order chi connectivity index (χ1) is 17.3. The Morgan fingerprint density at radius 1 is 0.857 bits per heavy atom. The van der Waals surface area contributed by atoms with Crippen LogP contribution in [0.5, 0.6) is 0 Å². The van der Waals surface area contributed by atoms with E-state index in [1.807, 2.05) is 36.7 Å². The molecule has 0 fully saturated rings. The minimum Gasteiger partial charge on any atom is -0.360 e. The van der Waals surface area contributed by atoms with Crippen molar-refractivity contribution in [3.63, 3.8) is 0 Å². The molecule has 1 heterocycles. The van der Waals surface area contributed by atoms with Crippen LogP contribution in [0.4, 0.5) is 5.69 Å². The van der Waals surface area contributed by atoms with Crippen LogP contribution in [0.25, 0.3) is 12.2 Å². The second-order valence-electron chi connectivity index (χ2n) is 9.74. The first-order valence-electron chi connectivity index (χ1n) is 13.3. The molecule has 0 amide bonds. The molecule has 2 heteroatoms. The van der Waals surface area contributed by atoms with Crippen molar-refractivity contribution in [3.8, 4) is 0 Å². The third-order valence-corrected chi connectivity index (χ3v) is 7.44. The van der Waals surface area contributed by atoms with Crippen LogP contribution in [-0.4, -0.2) is 6.21 Å². The highest BCUT2D eigenvalue weighted by Crippen LogP contribution is 2.32. The molecule has 0 bridgehead atoms. The summed E-state index contributed by atoms with van der Waals surface area (Å²) in [6.07, 6.45) is 20.9. The molecule has 3 aliphatic rings. The molecule has 1 atom stereocenters. The molecule has 3 aromatic carbocycles. The highest BCUT2D eigenvalue weighted by molar-refractivity contribution is 5.88. The summed E-state index contributed by atoms with van der Waals surface area (Å²) < 4.78 is 0. The number of para-hydroxylation sites is 1. The maximum atomic E-state index is 4.04. The van der Waals surface area contributed by atoms with Gasteiger partial charge in [0, 0.05) is 29.9 Å². The number of anilines is 1. The van der Waals surface area contributed by atoms with Crippen molar-refractivity contribution in [3.05, 3.63) is 111 Å². The smallest absolute Gasteiger partial charge is 0.0469 e. The van der Waals surface area contributed by atoms with Crippen molar-refractivity contribution < 1.29 is 0 Å². The molecule has 0 aromatic heterocycles. The van der Waals surface area contributed by atoms with E-state index < -0.39 is 0 Å². The predicted molar refractivity (Wildman–Crippen MR) is 150 cm³/mol. The fourth-order valence-electron chi connectivity index (χ4n) is 5.67. The van der Waals surface area contributed by atoms with Crippen molar-refractivity contribution in [2.45, 2.75) is 64.2 Å². The largest absolute Gasteiger partial charge is 0.360 e. The van der Waals surface area contributed by atoms with Crippen molar-refractivity contribution in [2.24, 2.45) is 4.99 Å². The molecule has 2 nitrogen and oxygen atoms in total. The van der Waals surface area contributed by atoms with E-state index in [2.05, 4.69) is 65.8 Å².